The Labute approximate surface area is 77.3 Å². The summed E-state index contributed by atoms with van der Waals surface area (Å²) in [5.41, 5.74) is 0. The van der Waals surface area contributed by atoms with E-state index in [9.17, 15) is 9.59 Å². The molecular weight excluding hydrogens is 168 g/mol. The number of nitrogens with one attached hydrogen (secondary N) is 1. The standard InChI is InChI=1S/C9H14N2O2/c1-2-10-7-5-8(12)11(9(7)13)6-3-4-6/h6-7,10H,2-5H2,1H3. The van der Waals surface area contributed by atoms with Crippen molar-refractivity contribution in [3.05, 3.63) is 0 Å². The van der Waals surface area contributed by atoms with E-state index in [1.54, 1.807) is 0 Å². The molecule has 1 unspecified atom stereocenters. The molecule has 2 amide bonds. The molecule has 1 atom stereocenters. The highest BCUT2D eigenvalue weighted by atomic mass is 16.2. The van der Waals surface area contributed by atoms with E-state index in [4.69, 9.17) is 0 Å². The van der Waals surface area contributed by atoms with Crippen LogP contribution in [0, 0.1) is 0 Å². The third-order valence-electron chi connectivity index (χ3n) is 2.55. The molecule has 13 heavy (non-hydrogen) atoms. The van der Waals surface area contributed by atoms with E-state index < -0.39 is 0 Å². The molecule has 1 N–H and O–H groups in total. The molecular formula is C9H14N2O2. The first-order valence-electron chi connectivity index (χ1n) is 4.83. The minimum Gasteiger partial charge on any atom is -0.306 e. The zero-order valence-corrected chi connectivity index (χ0v) is 7.75. The van der Waals surface area contributed by atoms with Crippen LogP contribution in [-0.4, -0.2) is 35.3 Å². The minimum atomic E-state index is -0.252. The fraction of sp³-hybridized carbons (Fsp3) is 0.778. The lowest BCUT2D eigenvalue weighted by molar-refractivity contribution is -0.139. The van der Waals surface area contributed by atoms with Gasteiger partial charge in [-0.3, -0.25) is 14.5 Å². The number of imide groups is 1. The van der Waals surface area contributed by atoms with E-state index in [2.05, 4.69) is 5.32 Å². The summed E-state index contributed by atoms with van der Waals surface area (Å²) < 4.78 is 0. The van der Waals surface area contributed by atoms with E-state index in [1.165, 1.54) is 4.90 Å². The van der Waals surface area contributed by atoms with E-state index >= 15 is 0 Å². The van der Waals surface area contributed by atoms with Crippen LogP contribution in [0.25, 0.3) is 0 Å². The molecule has 2 fully saturated rings. The first kappa shape index (κ1) is 8.69. The fourth-order valence-corrected chi connectivity index (χ4v) is 1.77. The molecule has 1 saturated heterocycles. The SMILES string of the molecule is CCNC1CC(=O)N(C2CC2)C1=O. The van der Waals surface area contributed by atoms with Gasteiger partial charge < -0.3 is 5.32 Å². The van der Waals surface area contributed by atoms with Gasteiger partial charge in [0.25, 0.3) is 0 Å². The van der Waals surface area contributed by atoms with Gasteiger partial charge in [0.15, 0.2) is 0 Å². The van der Waals surface area contributed by atoms with E-state index in [-0.39, 0.29) is 23.9 Å². The largest absolute Gasteiger partial charge is 0.306 e. The smallest absolute Gasteiger partial charge is 0.247 e. The Hall–Kier alpha value is -0.900. The number of rotatable bonds is 3. The molecule has 72 valence electrons. The molecule has 4 nitrogen and oxygen atoms in total. The Morgan fingerprint density at radius 2 is 2.15 bits per heavy atom. The number of nitrogens with zero attached hydrogens (tertiary/aromatic N) is 1. The summed E-state index contributed by atoms with van der Waals surface area (Å²) >= 11 is 0. The lowest BCUT2D eigenvalue weighted by atomic mass is 10.2. The van der Waals surface area contributed by atoms with Gasteiger partial charge in [0.2, 0.25) is 11.8 Å². The summed E-state index contributed by atoms with van der Waals surface area (Å²) in [6.45, 7) is 2.68. The van der Waals surface area contributed by atoms with Crippen molar-refractivity contribution in [2.45, 2.75) is 38.3 Å². The van der Waals surface area contributed by atoms with Gasteiger partial charge in [-0.25, -0.2) is 0 Å². The molecule has 0 aromatic carbocycles. The van der Waals surface area contributed by atoms with Crippen molar-refractivity contribution in [2.75, 3.05) is 6.54 Å². The highest BCUT2D eigenvalue weighted by molar-refractivity contribution is 6.06. The molecule has 0 aromatic heterocycles. The van der Waals surface area contributed by atoms with Gasteiger partial charge in [-0.15, -0.1) is 0 Å². The molecule has 2 aliphatic rings. The molecule has 1 saturated carbocycles. The van der Waals surface area contributed by atoms with Crippen LogP contribution >= 0.6 is 0 Å². The Kier molecular flexibility index (Phi) is 2.07. The third-order valence-corrected chi connectivity index (χ3v) is 2.55. The van der Waals surface area contributed by atoms with E-state index in [0.717, 1.165) is 19.4 Å². The first-order valence-corrected chi connectivity index (χ1v) is 4.83. The predicted molar refractivity (Wildman–Crippen MR) is 47.0 cm³/mol. The number of hydrogen-bond acceptors (Lipinski definition) is 3. The predicted octanol–water partition coefficient (Wildman–Crippen LogP) is -0.114. The van der Waals surface area contributed by atoms with Crippen molar-refractivity contribution < 1.29 is 9.59 Å². The molecule has 1 aliphatic heterocycles. The molecule has 2 rings (SSSR count). The van der Waals surface area contributed by atoms with Crippen molar-refractivity contribution in [1.82, 2.24) is 10.2 Å². The first-order chi connectivity index (χ1) is 6.24. The number of hydrogen-bond donors (Lipinski definition) is 1. The summed E-state index contributed by atoms with van der Waals surface area (Å²) in [4.78, 5) is 24.5. The summed E-state index contributed by atoms with van der Waals surface area (Å²) in [6.07, 6.45) is 2.34. The molecule has 1 aliphatic carbocycles. The van der Waals surface area contributed by atoms with E-state index in [1.807, 2.05) is 6.92 Å². The Balaban J connectivity index is 2.05. The second kappa shape index (κ2) is 3.10. The van der Waals surface area contributed by atoms with Crippen molar-refractivity contribution in [2.24, 2.45) is 0 Å². The van der Waals surface area contributed by atoms with Crippen molar-refractivity contribution >= 4 is 11.8 Å². The minimum absolute atomic E-state index is 0.00144. The number of carbonyl (C=O) groups is 2. The van der Waals surface area contributed by atoms with Crippen LogP contribution in [0.5, 0.6) is 0 Å². The van der Waals surface area contributed by atoms with Gasteiger partial charge in [-0.2, -0.15) is 0 Å². The summed E-state index contributed by atoms with van der Waals surface area (Å²) in [6, 6.07) is -0.0262. The van der Waals surface area contributed by atoms with Crippen LogP contribution in [0.1, 0.15) is 26.2 Å². The average Bonchev–Trinajstić information content (AvgIpc) is 2.84. The number of carbonyl (C=O) groups excluding carboxylic acids is 2. The monoisotopic (exact) mass is 182 g/mol. The zero-order valence-electron chi connectivity index (χ0n) is 7.75. The van der Waals surface area contributed by atoms with Crippen molar-refractivity contribution in [3.8, 4) is 0 Å². The maximum Gasteiger partial charge on any atom is 0.247 e. The third kappa shape index (κ3) is 1.46. The molecule has 0 spiro atoms. The number of likely N-dealkylation sites (tertiary alicyclic amines) is 1. The molecule has 1 heterocycles. The molecule has 0 aromatic rings. The van der Waals surface area contributed by atoms with Gasteiger partial charge in [-0.05, 0) is 19.4 Å². The second-order valence-electron chi connectivity index (χ2n) is 3.65. The Morgan fingerprint density at radius 1 is 1.46 bits per heavy atom. The topological polar surface area (TPSA) is 49.4 Å². The highest BCUT2D eigenvalue weighted by Gasteiger charge is 2.45. The van der Waals surface area contributed by atoms with Gasteiger partial charge >= 0.3 is 0 Å². The summed E-state index contributed by atoms with van der Waals surface area (Å²) in [5.74, 6) is -0.0206. The van der Waals surface area contributed by atoms with Crippen LogP contribution in [0.2, 0.25) is 0 Å². The lowest BCUT2D eigenvalue weighted by Gasteiger charge is -2.13. The Morgan fingerprint density at radius 3 is 2.69 bits per heavy atom. The maximum atomic E-state index is 11.6. The van der Waals surface area contributed by atoms with Gasteiger partial charge in [0, 0.05) is 6.04 Å². The number of amides is 2. The molecule has 4 heteroatoms. The number of likely N-dealkylation sites (N-methyl/N-ethyl adjacent to an activating group) is 1. The zero-order chi connectivity index (χ0) is 9.42. The van der Waals surface area contributed by atoms with Gasteiger partial charge in [0.05, 0.1) is 12.5 Å². The maximum absolute atomic E-state index is 11.6. The van der Waals surface area contributed by atoms with Crippen molar-refractivity contribution in [3.63, 3.8) is 0 Å². The molecule has 0 radical (unpaired) electrons. The highest BCUT2D eigenvalue weighted by Crippen LogP contribution is 2.31. The van der Waals surface area contributed by atoms with Crippen LogP contribution < -0.4 is 5.32 Å². The summed E-state index contributed by atoms with van der Waals surface area (Å²) in [5, 5.41) is 3.03. The van der Waals surface area contributed by atoms with Crippen LogP contribution in [0.4, 0.5) is 0 Å². The fourth-order valence-electron chi connectivity index (χ4n) is 1.77. The van der Waals surface area contributed by atoms with Crippen molar-refractivity contribution in [1.29, 1.82) is 0 Å². The van der Waals surface area contributed by atoms with E-state index in [0.29, 0.717) is 6.42 Å². The van der Waals surface area contributed by atoms with Crippen LogP contribution in [0.3, 0.4) is 0 Å². The van der Waals surface area contributed by atoms with Gasteiger partial charge in [-0.1, -0.05) is 6.92 Å². The molecule has 0 bridgehead atoms. The lowest BCUT2D eigenvalue weighted by Crippen LogP contribution is -2.39. The second-order valence-corrected chi connectivity index (χ2v) is 3.65. The average molecular weight is 182 g/mol. The van der Waals surface area contributed by atoms with Gasteiger partial charge in [0.1, 0.15) is 0 Å². The summed E-state index contributed by atoms with van der Waals surface area (Å²) in [7, 11) is 0. The quantitative estimate of drug-likeness (QED) is 0.619. The normalized spacial score (nSPS) is 28.7. The van der Waals surface area contributed by atoms with Crippen LogP contribution in [0.15, 0.2) is 0 Å². The Bertz CT molecular complexity index is 248. The van der Waals surface area contributed by atoms with Crippen LogP contribution in [-0.2, 0) is 9.59 Å².